The van der Waals surface area contributed by atoms with Crippen LogP contribution in [0.2, 0.25) is 0 Å². The Kier molecular flexibility index (Phi) is 8.33. The quantitative estimate of drug-likeness (QED) is 0.256. The Morgan fingerprint density at radius 2 is 1.56 bits per heavy atom. The molecule has 0 bridgehead atoms. The summed E-state index contributed by atoms with van der Waals surface area (Å²) in [5.74, 6) is 0. The standard InChI is InChI=1S/C11H20O12S2/c1-4-5-20-6-7-8(18-2)9(22-24(12,13)14)10(11(19-3)21-7)23-25(15,16)17/h4,7-11H,1,5-6H2,2-3H3,(H,12,13,14)(H,15,16,17)/t7-,8-,9+,10+,11+/m1/s1. The highest BCUT2D eigenvalue weighted by molar-refractivity contribution is 7.81. The molecule has 1 aliphatic rings. The lowest BCUT2D eigenvalue weighted by molar-refractivity contribution is -0.290. The molecule has 14 heteroatoms. The van der Waals surface area contributed by atoms with E-state index in [1.807, 2.05) is 0 Å². The Labute approximate surface area is 145 Å². The highest BCUT2D eigenvalue weighted by Gasteiger charge is 2.51. The maximum Gasteiger partial charge on any atom is 0.397 e. The molecule has 2 N–H and O–H groups in total. The SMILES string of the molecule is C=CCOC[C@H]1O[C@H](OC)[C@@H](OS(=O)(=O)O)[C@@H](OS(=O)(=O)O)[C@@H]1OC. The van der Waals surface area contributed by atoms with Crippen LogP contribution in [0, 0.1) is 0 Å². The van der Waals surface area contributed by atoms with Gasteiger partial charge in [0.15, 0.2) is 12.4 Å². The van der Waals surface area contributed by atoms with E-state index in [1.165, 1.54) is 6.08 Å². The average molecular weight is 408 g/mol. The smallest absolute Gasteiger partial charge is 0.376 e. The molecule has 0 aromatic carbocycles. The molecular weight excluding hydrogens is 388 g/mol. The summed E-state index contributed by atoms with van der Waals surface area (Å²) in [5.41, 5.74) is 0. The van der Waals surface area contributed by atoms with Gasteiger partial charge in [-0.3, -0.25) is 9.11 Å². The van der Waals surface area contributed by atoms with Gasteiger partial charge in [-0.15, -0.1) is 6.58 Å². The topological polar surface area (TPSA) is 164 Å². The molecule has 0 radical (unpaired) electrons. The Hall–Kier alpha value is -0.680. The molecule has 12 nitrogen and oxygen atoms in total. The third kappa shape index (κ3) is 7.22. The van der Waals surface area contributed by atoms with E-state index in [2.05, 4.69) is 14.9 Å². The monoisotopic (exact) mass is 408 g/mol. The molecule has 1 rings (SSSR count). The average Bonchev–Trinajstić information content (AvgIpc) is 2.47. The van der Waals surface area contributed by atoms with E-state index < -0.39 is 51.5 Å². The summed E-state index contributed by atoms with van der Waals surface area (Å²) >= 11 is 0. The second-order valence-corrected chi connectivity index (χ2v) is 6.88. The molecule has 0 unspecified atom stereocenters. The summed E-state index contributed by atoms with van der Waals surface area (Å²) in [6.45, 7) is 3.47. The molecule has 25 heavy (non-hydrogen) atoms. The van der Waals surface area contributed by atoms with Gasteiger partial charge in [-0.25, -0.2) is 8.37 Å². The van der Waals surface area contributed by atoms with E-state index in [4.69, 9.17) is 28.1 Å². The second-order valence-electron chi connectivity index (χ2n) is 4.78. The van der Waals surface area contributed by atoms with E-state index in [9.17, 15) is 16.8 Å². The van der Waals surface area contributed by atoms with Crippen LogP contribution in [0.25, 0.3) is 0 Å². The molecule has 5 atom stereocenters. The molecule has 0 aliphatic carbocycles. The largest absolute Gasteiger partial charge is 0.397 e. The molecule has 0 spiro atoms. The van der Waals surface area contributed by atoms with Crippen LogP contribution in [0.3, 0.4) is 0 Å². The van der Waals surface area contributed by atoms with Crippen molar-refractivity contribution in [3.8, 4) is 0 Å². The number of methoxy groups -OCH3 is 2. The zero-order valence-corrected chi connectivity index (χ0v) is 15.0. The van der Waals surface area contributed by atoms with Crippen molar-refractivity contribution in [2.24, 2.45) is 0 Å². The molecule has 1 fully saturated rings. The van der Waals surface area contributed by atoms with Gasteiger partial charge in [0.05, 0.1) is 13.2 Å². The van der Waals surface area contributed by atoms with Crippen molar-refractivity contribution >= 4 is 20.8 Å². The molecule has 0 saturated carbocycles. The zero-order chi connectivity index (χ0) is 19.3. The summed E-state index contributed by atoms with van der Waals surface area (Å²) in [7, 11) is -7.81. The van der Waals surface area contributed by atoms with E-state index in [0.29, 0.717) is 0 Å². The second kappa shape index (κ2) is 9.31. The van der Waals surface area contributed by atoms with Crippen LogP contribution in [0.5, 0.6) is 0 Å². The van der Waals surface area contributed by atoms with Crippen LogP contribution in [0.1, 0.15) is 0 Å². The minimum atomic E-state index is -5.04. The van der Waals surface area contributed by atoms with E-state index in [1.54, 1.807) is 0 Å². The molecule has 0 aromatic rings. The Balaban J connectivity index is 3.18. The van der Waals surface area contributed by atoms with Gasteiger partial charge in [0.25, 0.3) is 0 Å². The summed E-state index contributed by atoms with van der Waals surface area (Å²) in [5, 5.41) is 0. The van der Waals surface area contributed by atoms with Crippen LogP contribution in [-0.2, 0) is 48.1 Å². The minimum Gasteiger partial charge on any atom is -0.376 e. The minimum absolute atomic E-state index is 0.131. The molecule has 1 aliphatic heterocycles. The van der Waals surface area contributed by atoms with Crippen LogP contribution < -0.4 is 0 Å². The summed E-state index contributed by atoms with van der Waals surface area (Å²) < 4.78 is 91.7. The van der Waals surface area contributed by atoms with Crippen molar-refractivity contribution in [3.63, 3.8) is 0 Å². The fourth-order valence-corrected chi connectivity index (χ4v) is 3.23. The van der Waals surface area contributed by atoms with Crippen molar-refractivity contribution in [3.05, 3.63) is 12.7 Å². The van der Waals surface area contributed by atoms with Gasteiger partial charge in [0.2, 0.25) is 0 Å². The third-order valence-electron chi connectivity index (χ3n) is 3.08. The predicted molar refractivity (Wildman–Crippen MR) is 80.3 cm³/mol. The summed E-state index contributed by atoms with van der Waals surface area (Å²) in [6.07, 6.45) is -5.82. The highest BCUT2D eigenvalue weighted by Crippen LogP contribution is 2.30. The summed E-state index contributed by atoms with van der Waals surface area (Å²) in [4.78, 5) is 0. The number of ether oxygens (including phenoxy) is 4. The Morgan fingerprint density at radius 3 is 2.00 bits per heavy atom. The fraction of sp³-hybridized carbons (Fsp3) is 0.818. The van der Waals surface area contributed by atoms with E-state index in [-0.39, 0.29) is 13.2 Å². The number of hydrogen-bond acceptors (Lipinski definition) is 10. The Morgan fingerprint density at radius 1 is 1.00 bits per heavy atom. The van der Waals surface area contributed by atoms with Crippen LogP contribution in [0.15, 0.2) is 12.7 Å². The molecule has 1 heterocycles. The van der Waals surface area contributed by atoms with Gasteiger partial charge in [-0.1, -0.05) is 6.08 Å². The van der Waals surface area contributed by atoms with Crippen molar-refractivity contribution in [2.75, 3.05) is 27.4 Å². The third-order valence-corrected chi connectivity index (χ3v) is 4.01. The first-order chi connectivity index (χ1) is 11.5. The molecule has 148 valence electrons. The van der Waals surface area contributed by atoms with Gasteiger partial charge in [-0.2, -0.15) is 16.8 Å². The molecule has 0 aromatic heterocycles. The number of hydrogen-bond donors (Lipinski definition) is 2. The van der Waals surface area contributed by atoms with Gasteiger partial charge >= 0.3 is 20.8 Å². The van der Waals surface area contributed by atoms with E-state index in [0.717, 1.165) is 14.2 Å². The predicted octanol–water partition coefficient (Wildman–Crippen LogP) is -1.05. The lowest BCUT2D eigenvalue weighted by Crippen LogP contribution is -2.62. The first-order valence-corrected chi connectivity index (χ1v) is 9.46. The maximum absolute atomic E-state index is 11.1. The van der Waals surface area contributed by atoms with Crippen molar-refractivity contribution < 1.29 is 53.3 Å². The molecule has 0 amide bonds. The van der Waals surface area contributed by atoms with Gasteiger partial charge in [0, 0.05) is 14.2 Å². The first-order valence-electron chi connectivity index (χ1n) is 6.73. The van der Waals surface area contributed by atoms with Gasteiger partial charge in [-0.05, 0) is 0 Å². The lowest BCUT2D eigenvalue weighted by atomic mass is 9.99. The number of rotatable bonds is 10. The van der Waals surface area contributed by atoms with Gasteiger partial charge in [0.1, 0.15) is 18.3 Å². The van der Waals surface area contributed by atoms with Crippen molar-refractivity contribution in [1.29, 1.82) is 0 Å². The van der Waals surface area contributed by atoms with Gasteiger partial charge < -0.3 is 18.9 Å². The zero-order valence-electron chi connectivity index (χ0n) is 13.4. The van der Waals surface area contributed by atoms with Crippen molar-refractivity contribution in [1.82, 2.24) is 0 Å². The lowest BCUT2D eigenvalue weighted by Gasteiger charge is -2.43. The van der Waals surface area contributed by atoms with Crippen LogP contribution in [-0.4, -0.2) is 84.1 Å². The van der Waals surface area contributed by atoms with Crippen molar-refractivity contribution in [2.45, 2.75) is 30.7 Å². The first kappa shape index (κ1) is 22.4. The maximum atomic E-state index is 11.1. The Bertz CT molecular complexity index is 629. The van der Waals surface area contributed by atoms with Crippen LogP contribution >= 0.6 is 0 Å². The molecule has 1 saturated heterocycles. The summed E-state index contributed by atoms with van der Waals surface area (Å²) in [6, 6.07) is 0. The fourth-order valence-electron chi connectivity index (χ4n) is 2.25. The van der Waals surface area contributed by atoms with E-state index >= 15 is 0 Å². The van der Waals surface area contributed by atoms with Crippen LogP contribution in [0.4, 0.5) is 0 Å². The normalized spacial score (nSPS) is 31.0. The highest BCUT2D eigenvalue weighted by atomic mass is 32.3. The molecular formula is C11H20O12S2.